The molecule has 2 rings (SSSR count). The number of Topliss-reactive ketones (excluding diaryl/α,β-unsaturated/α-hetero) is 1. The minimum absolute atomic E-state index is 0.0735. The van der Waals surface area contributed by atoms with Crippen molar-refractivity contribution in [2.75, 3.05) is 0 Å². The number of carbonyl (C=O) groups is 1. The summed E-state index contributed by atoms with van der Waals surface area (Å²) in [6.07, 6.45) is -6.52. The normalized spacial score (nSPS) is 29.4. The Hall–Kier alpha value is -1.09. The van der Waals surface area contributed by atoms with Crippen molar-refractivity contribution < 1.29 is 41.4 Å². The number of rotatable bonds is 8. The molecule has 4 atom stereocenters. The molecule has 0 bridgehead atoms. The number of aliphatic hydroxyl groups is 2. The molecule has 2 fully saturated rings. The van der Waals surface area contributed by atoms with E-state index in [4.69, 9.17) is 0 Å². The highest BCUT2D eigenvalue weighted by Crippen LogP contribution is 2.61. The number of halogens is 6. The lowest BCUT2D eigenvalue weighted by atomic mass is 9.56. The van der Waals surface area contributed by atoms with Gasteiger partial charge in [-0.1, -0.05) is 26.3 Å². The van der Waals surface area contributed by atoms with Crippen LogP contribution in [0.2, 0.25) is 0 Å². The maximum absolute atomic E-state index is 13.1. The SMILES string of the molecule is CC(C)(O)CCC[C@@](C)(C/C=C\C(O)(C(F)(F)F)C(F)(F)F)[C@H]1CCC2C(=O)CCCC21C. The molecule has 0 aromatic rings. The van der Waals surface area contributed by atoms with E-state index >= 15 is 0 Å². The van der Waals surface area contributed by atoms with Crippen LogP contribution in [0.25, 0.3) is 0 Å². The number of ketones is 1. The van der Waals surface area contributed by atoms with Gasteiger partial charge in [0.2, 0.25) is 0 Å². The average Bonchev–Trinajstić information content (AvgIpc) is 2.97. The molecule has 2 unspecified atom stereocenters. The Morgan fingerprint density at radius 2 is 1.58 bits per heavy atom. The lowest BCUT2D eigenvalue weighted by Crippen LogP contribution is -2.55. The van der Waals surface area contributed by atoms with Gasteiger partial charge in [0.1, 0.15) is 5.78 Å². The topological polar surface area (TPSA) is 57.5 Å². The van der Waals surface area contributed by atoms with Gasteiger partial charge >= 0.3 is 12.4 Å². The smallest absolute Gasteiger partial charge is 0.390 e. The zero-order valence-electron chi connectivity index (χ0n) is 19.7. The first-order valence-electron chi connectivity index (χ1n) is 11.6. The summed E-state index contributed by atoms with van der Waals surface area (Å²) in [5.74, 6) is -0.0316. The van der Waals surface area contributed by atoms with Crippen LogP contribution in [0.4, 0.5) is 26.3 Å². The molecule has 0 heterocycles. The molecule has 2 saturated carbocycles. The molecule has 33 heavy (non-hydrogen) atoms. The summed E-state index contributed by atoms with van der Waals surface area (Å²) >= 11 is 0. The maximum Gasteiger partial charge on any atom is 0.429 e. The molecule has 2 N–H and O–H groups in total. The molecule has 0 aliphatic heterocycles. The number of allylic oxidation sites excluding steroid dienone is 1. The van der Waals surface area contributed by atoms with Crippen molar-refractivity contribution >= 4 is 5.78 Å². The van der Waals surface area contributed by atoms with Crippen LogP contribution in [0.3, 0.4) is 0 Å². The Labute approximate surface area is 191 Å². The van der Waals surface area contributed by atoms with Gasteiger partial charge in [-0.3, -0.25) is 4.79 Å². The second kappa shape index (κ2) is 9.17. The molecule has 9 heteroatoms. The number of fused-ring (bicyclic) bond motifs is 1. The summed E-state index contributed by atoms with van der Waals surface area (Å²) in [6.45, 7) is 7.15. The highest BCUT2D eigenvalue weighted by Gasteiger charge is 2.69. The van der Waals surface area contributed by atoms with Gasteiger partial charge in [0.15, 0.2) is 0 Å². The largest absolute Gasteiger partial charge is 0.429 e. The highest BCUT2D eigenvalue weighted by atomic mass is 19.4. The van der Waals surface area contributed by atoms with Crippen LogP contribution in [0.15, 0.2) is 12.2 Å². The van der Waals surface area contributed by atoms with Crippen LogP contribution in [0.1, 0.15) is 85.5 Å². The Morgan fingerprint density at radius 3 is 2.09 bits per heavy atom. The third-order valence-electron chi connectivity index (χ3n) is 8.05. The third kappa shape index (κ3) is 5.77. The number of hydrogen-bond acceptors (Lipinski definition) is 3. The summed E-state index contributed by atoms with van der Waals surface area (Å²) in [6, 6.07) is 0. The lowest BCUT2D eigenvalue weighted by Gasteiger charge is -2.48. The zero-order chi connectivity index (χ0) is 25.5. The fourth-order valence-electron chi connectivity index (χ4n) is 6.27. The van der Waals surface area contributed by atoms with Crippen molar-refractivity contribution in [3.8, 4) is 0 Å². The van der Waals surface area contributed by atoms with E-state index in [1.165, 1.54) is 0 Å². The van der Waals surface area contributed by atoms with E-state index in [0.29, 0.717) is 38.5 Å². The molecule has 0 amide bonds. The molecule has 2 aliphatic carbocycles. The van der Waals surface area contributed by atoms with E-state index in [0.717, 1.165) is 18.9 Å². The van der Waals surface area contributed by atoms with Gasteiger partial charge in [-0.2, -0.15) is 26.3 Å². The van der Waals surface area contributed by atoms with Crippen LogP contribution >= 0.6 is 0 Å². The van der Waals surface area contributed by atoms with E-state index in [2.05, 4.69) is 0 Å². The first-order valence-corrected chi connectivity index (χ1v) is 11.6. The molecule has 0 aromatic heterocycles. The standard InChI is InChI=1S/C24H36F6O3/c1-19(2,32)11-6-12-20(3,13-7-15-22(33,23(25,26)27)24(28,29)30)18-10-9-16-17(31)8-5-14-21(16,18)4/h7,15-16,18,32-33H,5-6,8-14H2,1-4H3/b15-7-/t16?,18-,20+,21?/m1/s1. The zero-order valence-corrected chi connectivity index (χ0v) is 19.7. The van der Waals surface area contributed by atoms with Crippen LogP contribution < -0.4 is 0 Å². The van der Waals surface area contributed by atoms with E-state index in [9.17, 15) is 41.4 Å². The number of hydrogen-bond donors (Lipinski definition) is 2. The molecule has 0 aromatic carbocycles. The Morgan fingerprint density at radius 1 is 1.00 bits per heavy atom. The monoisotopic (exact) mass is 486 g/mol. The van der Waals surface area contributed by atoms with Crippen LogP contribution in [0.5, 0.6) is 0 Å². The van der Waals surface area contributed by atoms with Crippen molar-refractivity contribution in [2.24, 2.45) is 22.7 Å². The minimum atomic E-state index is -5.90. The summed E-state index contributed by atoms with van der Waals surface area (Å²) in [5, 5.41) is 19.6. The van der Waals surface area contributed by atoms with E-state index in [1.807, 2.05) is 13.8 Å². The Bertz CT molecular complexity index is 722. The van der Waals surface area contributed by atoms with Gasteiger partial charge in [-0.05, 0) is 81.6 Å². The van der Waals surface area contributed by atoms with Gasteiger partial charge in [-0.15, -0.1) is 0 Å². The highest BCUT2D eigenvalue weighted by molar-refractivity contribution is 5.83. The molecule has 2 aliphatic rings. The van der Waals surface area contributed by atoms with Crippen LogP contribution in [-0.4, -0.2) is 39.6 Å². The molecule has 0 saturated heterocycles. The Balaban J connectivity index is 2.36. The van der Waals surface area contributed by atoms with Crippen molar-refractivity contribution in [3.63, 3.8) is 0 Å². The van der Waals surface area contributed by atoms with Crippen LogP contribution in [-0.2, 0) is 4.79 Å². The quantitative estimate of drug-likeness (QED) is 0.303. The first kappa shape index (κ1) is 28.1. The predicted octanol–water partition coefficient (Wildman–Crippen LogP) is 6.52. The van der Waals surface area contributed by atoms with E-state index in [-0.39, 0.29) is 35.5 Å². The molecule has 0 radical (unpaired) electrons. The van der Waals surface area contributed by atoms with Gasteiger partial charge in [-0.25, -0.2) is 0 Å². The van der Waals surface area contributed by atoms with E-state index < -0.39 is 29.0 Å². The van der Waals surface area contributed by atoms with Gasteiger partial charge in [0, 0.05) is 12.3 Å². The lowest BCUT2D eigenvalue weighted by molar-refractivity contribution is -0.347. The van der Waals surface area contributed by atoms with Crippen molar-refractivity contribution in [1.29, 1.82) is 0 Å². The number of carbonyl (C=O) groups excluding carboxylic acids is 1. The molecular weight excluding hydrogens is 450 g/mol. The van der Waals surface area contributed by atoms with Crippen molar-refractivity contribution in [3.05, 3.63) is 12.2 Å². The van der Waals surface area contributed by atoms with Gasteiger partial charge in [0.05, 0.1) is 5.60 Å². The van der Waals surface area contributed by atoms with Crippen LogP contribution in [0, 0.1) is 22.7 Å². The van der Waals surface area contributed by atoms with Crippen molar-refractivity contribution in [2.45, 2.75) is 109 Å². The molecule has 192 valence electrons. The third-order valence-corrected chi connectivity index (χ3v) is 8.05. The van der Waals surface area contributed by atoms with Gasteiger partial charge < -0.3 is 10.2 Å². The second-order valence-corrected chi connectivity index (χ2v) is 11.2. The molecule has 3 nitrogen and oxygen atoms in total. The summed E-state index contributed by atoms with van der Waals surface area (Å²) in [4.78, 5) is 12.5. The maximum atomic E-state index is 13.1. The minimum Gasteiger partial charge on any atom is -0.390 e. The number of alkyl halides is 6. The van der Waals surface area contributed by atoms with Crippen molar-refractivity contribution in [1.82, 2.24) is 0 Å². The summed E-state index contributed by atoms with van der Waals surface area (Å²) in [5.41, 5.74) is -6.93. The summed E-state index contributed by atoms with van der Waals surface area (Å²) < 4.78 is 78.6. The molecule has 0 spiro atoms. The fourth-order valence-corrected chi connectivity index (χ4v) is 6.27. The average molecular weight is 487 g/mol. The summed E-state index contributed by atoms with van der Waals surface area (Å²) in [7, 11) is 0. The first-order chi connectivity index (χ1) is 14.8. The predicted molar refractivity (Wildman–Crippen MR) is 112 cm³/mol. The Kier molecular flexibility index (Phi) is 7.82. The van der Waals surface area contributed by atoms with E-state index in [1.54, 1.807) is 13.8 Å². The fraction of sp³-hybridized carbons (Fsp3) is 0.875. The van der Waals surface area contributed by atoms with Gasteiger partial charge in [0.25, 0.3) is 5.60 Å². The molecular formula is C24H36F6O3. The second-order valence-electron chi connectivity index (χ2n) is 11.2.